The molecule has 0 bridgehead atoms. The molecule has 3 aromatic rings. The molecule has 0 unspecified atom stereocenters. The second kappa shape index (κ2) is 7.32. The highest BCUT2D eigenvalue weighted by atomic mass is 35.5. The minimum Gasteiger partial charge on any atom is -0.463 e. The van der Waals surface area contributed by atoms with Crippen molar-refractivity contribution in [1.29, 1.82) is 0 Å². The fraction of sp³-hybridized carbons (Fsp3) is 0.316. The number of piperazine rings is 1. The largest absolute Gasteiger partial charge is 0.463 e. The predicted molar refractivity (Wildman–Crippen MR) is 109 cm³/mol. The molecule has 1 aromatic carbocycles. The molecule has 4 rings (SSSR count). The summed E-state index contributed by atoms with van der Waals surface area (Å²) in [6.45, 7) is 5.41. The van der Waals surface area contributed by atoms with Crippen LogP contribution in [0.15, 0.2) is 29.6 Å². The number of rotatable bonds is 3. The fourth-order valence-corrected chi connectivity index (χ4v) is 4.34. The zero-order valence-electron chi connectivity index (χ0n) is 15.1. The number of thiophene rings is 1. The number of aryl methyl sites for hydroxylation is 1. The van der Waals surface area contributed by atoms with Crippen molar-refractivity contribution in [1.82, 2.24) is 9.97 Å². The van der Waals surface area contributed by atoms with Gasteiger partial charge < -0.3 is 14.5 Å². The summed E-state index contributed by atoms with van der Waals surface area (Å²) in [6, 6.07) is 7.89. The normalized spacial score (nSPS) is 14.6. The van der Waals surface area contributed by atoms with E-state index in [1.54, 1.807) is 11.3 Å². The molecule has 0 amide bonds. The molecule has 140 valence electrons. The molecule has 1 aliphatic heterocycles. The van der Waals surface area contributed by atoms with Crippen molar-refractivity contribution >= 4 is 50.6 Å². The number of benzene rings is 1. The summed E-state index contributed by atoms with van der Waals surface area (Å²) in [5, 5.41) is 2.71. The number of esters is 1. The van der Waals surface area contributed by atoms with Gasteiger partial charge >= 0.3 is 5.97 Å². The molecule has 0 N–H and O–H groups in total. The van der Waals surface area contributed by atoms with Gasteiger partial charge in [0.15, 0.2) is 5.82 Å². The first kappa shape index (κ1) is 18.0. The monoisotopic (exact) mass is 402 g/mol. The van der Waals surface area contributed by atoms with E-state index in [1.807, 2.05) is 29.6 Å². The number of fused-ring (bicyclic) bond motifs is 1. The third-order valence-electron chi connectivity index (χ3n) is 4.74. The summed E-state index contributed by atoms with van der Waals surface area (Å²) in [5.74, 6) is 0.391. The Morgan fingerprint density at radius 2 is 1.89 bits per heavy atom. The number of anilines is 2. The van der Waals surface area contributed by atoms with E-state index in [4.69, 9.17) is 16.3 Å². The molecule has 0 radical (unpaired) electrons. The summed E-state index contributed by atoms with van der Waals surface area (Å²) >= 11 is 7.77. The summed E-state index contributed by atoms with van der Waals surface area (Å²) < 4.78 is 5.80. The van der Waals surface area contributed by atoms with E-state index in [0.29, 0.717) is 0 Å². The molecular weight excluding hydrogens is 384 g/mol. The molecule has 0 aliphatic carbocycles. The highest BCUT2D eigenvalue weighted by Crippen LogP contribution is 2.31. The van der Waals surface area contributed by atoms with Crippen LogP contribution in [0.3, 0.4) is 0 Å². The fourth-order valence-electron chi connectivity index (χ4n) is 3.33. The smallest absolute Gasteiger partial charge is 0.376 e. The third kappa shape index (κ3) is 3.44. The molecule has 1 saturated heterocycles. The predicted octanol–water partition coefficient (Wildman–Crippen LogP) is 3.77. The van der Waals surface area contributed by atoms with Crippen molar-refractivity contribution < 1.29 is 9.53 Å². The number of hydrogen-bond acceptors (Lipinski definition) is 7. The van der Waals surface area contributed by atoms with Gasteiger partial charge in [-0.15, -0.1) is 11.3 Å². The van der Waals surface area contributed by atoms with Crippen LogP contribution in [-0.4, -0.2) is 49.2 Å². The van der Waals surface area contributed by atoms with Crippen LogP contribution in [0.2, 0.25) is 5.02 Å². The second-order valence-electron chi connectivity index (χ2n) is 6.40. The minimum absolute atomic E-state index is 0.103. The summed E-state index contributed by atoms with van der Waals surface area (Å²) in [7, 11) is 1.34. The quantitative estimate of drug-likeness (QED) is 0.621. The zero-order valence-corrected chi connectivity index (χ0v) is 16.7. The van der Waals surface area contributed by atoms with Crippen LogP contribution in [0, 0.1) is 6.92 Å². The molecule has 1 fully saturated rings. The van der Waals surface area contributed by atoms with Crippen LogP contribution < -0.4 is 9.80 Å². The standard InChI is InChI=1S/C19H19ClN4O2S/c1-12-3-4-13(20)11-15(12)23-6-8-24(9-7-23)18-16-14(5-10-27-16)21-17(22-18)19(25)26-2/h3-5,10-11H,6-9H2,1-2H3. The van der Waals surface area contributed by atoms with Gasteiger partial charge in [-0.2, -0.15) is 0 Å². The highest BCUT2D eigenvalue weighted by molar-refractivity contribution is 7.17. The molecule has 6 nitrogen and oxygen atoms in total. The van der Waals surface area contributed by atoms with E-state index in [1.165, 1.54) is 18.4 Å². The van der Waals surface area contributed by atoms with Crippen molar-refractivity contribution in [3.05, 3.63) is 46.1 Å². The Morgan fingerprint density at radius 3 is 2.63 bits per heavy atom. The van der Waals surface area contributed by atoms with Crippen molar-refractivity contribution in [2.75, 3.05) is 43.1 Å². The minimum atomic E-state index is -0.516. The lowest BCUT2D eigenvalue weighted by Crippen LogP contribution is -2.47. The number of ether oxygens (including phenoxy) is 1. The molecule has 27 heavy (non-hydrogen) atoms. The Labute approximate surface area is 166 Å². The van der Waals surface area contributed by atoms with Crippen LogP contribution in [0.4, 0.5) is 11.5 Å². The Morgan fingerprint density at radius 1 is 1.15 bits per heavy atom. The number of methoxy groups -OCH3 is 1. The zero-order chi connectivity index (χ0) is 19.0. The molecule has 8 heteroatoms. The molecule has 0 atom stereocenters. The van der Waals surface area contributed by atoms with E-state index in [2.05, 4.69) is 26.7 Å². The molecule has 0 spiro atoms. The average Bonchev–Trinajstić information content (AvgIpc) is 3.17. The first-order valence-corrected chi connectivity index (χ1v) is 9.92. The number of carbonyl (C=O) groups excluding carboxylic acids is 1. The van der Waals surface area contributed by atoms with Gasteiger partial charge in [-0.1, -0.05) is 17.7 Å². The number of hydrogen-bond donors (Lipinski definition) is 0. The summed E-state index contributed by atoms with van der Waals surface area (Å²) in [4.78, 5) is 25.3. The van der Waals surface area contributed by atoms with Gasteiger partial charge in [-0.25, -0.2) is 14.8 Å². The molecular formula is C19H19ClN4O2S. The summed E-state index contributed by atoms with van der Waals surface area (Å²) in [6.07, 6.45) is 0. The number of carbonyl (C=O) groups is 1. The van der Waals surface area contributed by atoms with Crippen molar-refractivity contribution in [2.45, 2.75) is 6.92 Å². The van der Waals surface area contributed by atoms with Crippen LogP contribution in [-0.2, 0) is 4.74 Å². The maximum Gasteiger partial charge on any atom is 0.376 e. The topological polar surface area (TPSA) is 58.6 Å². The van der Waals surface area contributed by atoms with Crippen molar-refractivity contribution in [3.8, 4) is 0 Å². The van der Waals surface area contributed by atoms with E-state index in [-0.39, 0.29) is 5.82 Å². The lowest BCUT2D eigenvalue weighted by atomic mass is 10.1. The van der Waals surface area contributed by atoms with E-state index >= 15 is 0 Å². The summed E-state index contributed by atoms with van der Waals surface area (Å²) in [5.41, 5.74) is 3.16. The van der Waals surface area contributed by atoms with Gasteiger partial charge in [0.05, 0.1) is 17.3 Å². The Hall–Kier alpha value is -2.38. The van der Waals surface area contributed by atoms with E-state index < -0.39 is 5.97 Å². The van der Waals surface area contributed by atoms with Crippen LogP contribution in [0.1, 0.15) is 16.2 Å². The lowest BCUT2D eigenvalue weighted by molar-refractivity contribution is 0.0587. The first-order valence-electron chi connectivity index (χ1n) is 8.66. The molecule has 2 aromatic heterocycles. The van der Waals surface area contributed by atoms with Gasteiger partial charge in [-0.05, 0) is 36.1 Å². The van der Waals surface area contributed by atoms with E-state index in [0.717, 1.165) is 47.2 Å². The average molecular weight is 403 g/mol. The highest BCUT2D eigenvalue weighted by Gasteiger charge is 2.24. The number of nitrogens with zero attached hydrogens (tertiary/aromatic N) is 4. The van der Waals surface area contributed by atoms with Crippen molar-refractivity contribution in [3.63, 3.8) is 0 Å². The Kier molecular flexibility index (Phi) is 4.88. The van der Waals surface area contributed by atoms with E-state index in [9.17, 15) is 4.79 Å². The Balaban J connectivity index is 1.60. The van der Waals surface area contributed by atoms with Crippen LogP contribution >= 0.6 is 22.9 Å². The van der Waals surface area contributed by atoms with Crippen molar-refractivity contribution in [2.24, 2.45) is 0 Å². The number of aromatic nitrogens is 2. The maximum absolute atomic E-state index is 11.9. The first-order chi connectivity index (χ1) is 13.1. The van der Waals surface area contributed by atoms with Gasteiger partial charge in [0, 0.05) is 36.9 Å². The van der Waals surface area contributed by atoms with Gasteiger partial charge in [0.1, 0.15) is 0 Å². The molecule has 0 saturated carbocycles. The van der Waals surface area contributed by atoms with Crippen LogP contribution in [0.25, 0.3) is 10.2 Å². The molecule has 1 aliphatic rings. The Bertz CT molecular complexity index is 999. The molecule has 3 heterocycles. The maximum atomic E-state index is 11.9. The van der Waals surface area contributed by atoms with Gasteiger partial charge in [0.25, 0.3) is 0 Å². The third-order valence-corrected chi connectivity index (χ3v) is 5.88. The van der Waals surface area contributed by atoms with Gasteiger partial charge in [0.2, 0.25) is 5.82 Å². The lowest BCUT2D eigenvalue weighted by Gasteiger charge is -2.37. The van der Waals surface area contributed by atoms with Crippen LogP contribution in [0.5, 0.6) is 0 Å². The number of halogens is 1. The second-order valence-corrected chi connectivity index (χ2v) is 7.75. The van der Waals surface area contributed by atoms with Gasteiger partial charge in [-0.3, -0.25) is 0 Å². The SMILES string of the molecule is COC(=O)c1nc(N2CCN(c3cc(Cl)ccc3C)CC2)c2sccc2n1.